The third-order valence-electron chi connectivity index (χ3n) is 3.69. The summed E-state index contributed by atoms with van der Waals surface area (Å²) in [6, 6.07) is 21.4. The average molecular weight is 369 g/mol. The Morgan fingerprint density at radius 2 is 1.77 bits per heavy atom. The second-order valence-electron chi connectivity index (χ2n) is 5.76. The normalized spacial score (nSPS) is 10.5. The van der Waals surface area contributed by atoms with Crippen LogP contribution in [0.25, 0.3) is 0 Å². The molecule has 0 saturated carbocycles. The molecule has 2 aromatic carbocycles. The summed E-state index contributed by atoms with van der Waals surface area (Å²) in [5.74, 6) is 1.49. The maximum absolute atomic E-state index is 6.00. The van der Waals surface area contributed by atoms with Crippen LogP contribution in [0.4, 0.5) is 0 Å². The monoisotopic (exact) mass is 368 g/mol. The minimum absolute atomic E-state index is 0.495. The molecule has 0 saturated heterocycles. The Hall–Kier alpha value is -2.56. The van der Waals surface area contributed by atoms with Crippen molar-refractivity contribution in [2.45, 2.75) is 13.2 Å². The van der Waals surface area contributed by atoms with Gasteiger partial charge in [-0.15, -0.1) is 0 Å². The summed E-state index contributed by atoms with van der Waals surface area (Å²) in [6.07, 6.45) is 1.72. The molecule has 5 heteroatoms. The van der Waals surface area contributed by atoms with E-state index < -0.39 is 0 Å². The van der Waals surface area contributed by atoms with E-state index in [2.05, 4.69) is 16.4 Å². The first kappa shape index (κ1) is 18.2. The Kier molecular flexibility index (Phi) is 6.88. The highest BCUT2D eigenvalue weighted by Gasteiger charge is 2.00. The molecule has 0 aliphatic rings. The van der Waals surface area contributed by atoms with Crippen LogP contribution in [-0.4, -0.2) is 18.1 Å². The molecule has 4 nitrogen and oxygen atoms in total. The summed E-state index contributed by atoms with van der Waals surface area (Å²) >= 11 is 6.00. The lowest BCUT2D eigenvalue weighted by atomic mass is 10.2. The van der Waals surface area contributed by atoms with Gasteiger partial charge in [-0.25, -0.2) is 4.98 Å². The molecular formula is C21H21ClN2O2. The van der Waals surface area contributed by atoms with Crippen LogP contribution in [0, 0.1) is 0 Å². The van der Waals surface area contributed by atoms with Crippen LogP contribution < -0.4 is 14.8 Å². The van der Waals surface area contributed by atoms with Crippen molar-refractivity contribution < 1.29 is 9.47 Å². The molecule has 0 atom stereocenters. The van der Waals surface area contributed by atoms with E-state index in [4.69, 9.17) is 21.1 Å². The van der Waals surface area contributed by atoms with E-state index in [0.717, 1.165) is 35.0 Å². The van der Waals surface area contributed by atoms with Crippen LogP contribution in [0.3, 0.4) is 0 Å². The van der Waals surface area contributed by atoms with Gasteiger partial charge in [0.2, 0.25) is 5.88 Å². The van der Waals surface area contributed by atoms with Gasteiger partial charge in [-0.3, -0.25) is 0 Å². The Labute approximate surface area is 158 Å². The molecule has 0 fully saturated rings. The van der Waals surface area contributed by atoms with Gasteiger partial charge >= 0.3 is 0 Å². The molecule has 0 bridgehead atoms. The fraction of sp³-hybridized carbons (Fsp3) is 0.190. The average Bonchev–Trinajstić information content (AvgIpc) is 2.67. The molecule has 1 heterocycles. The highest BCUT2D eigenvalue weighted by atomic mass is 35.5. The number of ether oxygens (including phenoxy) is 2. The number of rotatable bonds is 9. The Bertz CT molecular complexity index is 812. The molecule has 1 aromatic heterocycles. The fourth-order valence-corrected chi connectivity index (χ4v) is 2.64. The molecule has 134 valence electrons. The van der Waals surface area contributed by atoms with Crippen LogP contribution in [0.5, 0.6) is 11.6 Å². The lowest BCUT2D eigenvalue weighted by molar-refractivity contribution is 0.301. The lowest BCUT2D eigenvalue weighted by Gasteiger charge is -2.10. The number of benzene rings is 2. The molecule has 0 unspecified atom stereocenters. The fourth-order valence-electron chi connectivity index (χ4n) is 2.43. The Balaban J connectivity index is 1.41. The highest BCUT2D eigenvalue weighted by Crippen LogP contribution is 2.17. The van der Waals surface area contributed by atoms with Crippen LogP contribution in [-0.2, 0) is 13.2 Å². The third-order valence-corrected chi connectivity index (χ3v) is 3.92. The zero-order chi connectivity index (χ0) is 18.0. The van der Waals surface area contributed by atoms with Gasteiger partial charge in [-0.2, -0.15) is 0 Å². The Morgan fingerprint density at radius 1 is 0.885 bits per heavy atom. The van der Waals surface area contributed by atoms with Gasteiger partial charge in [-0.05, 0) is 41.5 Å². The lowest BCUT2D eigenvalue weighted by Crippen LogP contribution is -2.20. The van der Waals surface area contributed by atoms with Crippen LogP contribution in [0.2, 0.25) is 5.02 Å². The maximum atomic E-state index is 6.00. The van der Waals surface area contributed by atoms with Crippen molar-refractivity contribution in [1.29, 1.82) is 0 Å². The van der Waals surface area contributed by atoms with E-state index >= 15 is 0 Å². The van der Waals surface area contributed by atoms with Gasteiger partial charge in [0.25, 0.3) is 0 Å². The van der Waals surface area contributed by atoms with E-state index in [9.17, 15) is 0 Å². The van der Waals surface area contributed by atoms with Crippen molar-refractivity contribution in [2.75, 3.05) is 13.2 Å². The number of pyridine rings is 1. The number of halogens is 1. The maximum Gasteiger partial charge on any atom is 0.213 e. The van der Waals surface area contributed by atoms with E-state index in [1.165, 1.54) is 0 Å². The molecule has 3 rings (SSSR count). The summed E-state index contributed by atoms with van der Waals surface area (Å²) in [7, 11) is 0. The zero-order valence-electron chi connectivity index (χ0n) is 14.4. The van der Waals surface area contributed by atoms with Gasteiger partial charge in [0, 0.05) is 30.4 Å². The second-order valence-corrected chi connectivity index (χ2v) is 6.20. The highest BCUT2D eigenvalue weighted by molar-refractivity contribution is 6.30. The van der Waals surface area contributed by atoms with Gasteiger partial charge < -0.3 is 14.8 Å². The first-order valence-corrected chi connectivity index (χ1v) is 8.88. The molecule has 0 aliphatic heterocycles. The quantitative estimate of drug-likeness (QED) is 0.565. The van der Waals surface area contributed by atoms with Crippen LogP contribution in [0.1, 0.15) is 11.1 Å². The summed E-state index contributed by atoms with van der Waals surface area (Å²) < 4.78 is 11.4. The van der Waals surface area contributed by atoms with Crippen molar-refractivity contribution in [3.05, 3.63) is 89.1 Å². The molecule has 0 amide bonds. The molecule has 26 heavy (non-hydrogen) atoms. The van der Waals surface area contributed by atoms with Crippen molar-refractivity contribution in [2.24, 2.45) is 0 Å². The largest absolute Gasteiger partial charge is 0.489 e. The van der Waals surface area contributed by atoms with Gasteiger partial charge in [-0.1, -0.05) is 41.9 Å². The topological polar surface area (TPSA) is 43.4 Å². The first-order valence-electron chi connectivity index (χ1n) is 8.50. The number of nitrogens with zero attached hydrogens (tertiary/aromatic N) is 1. The third kappa shape index (κ3) is 6.06. The SMILES string of the molecule is Clc1cccc(COc2cccc(CNCCOc3ccccn3)c2)c1. The smallest absolute Gasteiger partial charge is 0.213 e. The minimum atomic E-state index is 0.495. The van der Waals surface area contributed by atoms with E-state index in [0.29, 0.717) is 19.1 Å². The van der Waals surface area contributed by atoms with Gasteiger partial charge in [0.05, 0.1) is 0 Å². The van der Waals surface area contributed by atoms with Crippen molar-refractivity contribution >= 4 is 11.6 Å². The van der Waals surface area contributed by atoms with Crippen molar-refractivity contribution in [3.63, 3.8) is 0 Å². The number of aromatic nitrogens is 1. The van der Waals surface area contributed by atoms with Crippen LogP contribution >= 0.6 is 11.6 Å². The predicted molar refractivity (Wildman–Crippen MR) is 104 cm³/mol. The first-order chi connectivity index (χ1) is 12.8. The molecular weight excluding hydrogens is 348 g/mol. The van der Waals surface area contributed by atoms with E-state index in [1.807, 2.05) is 60.7 Å². The summed E-state index contributed by atoms with van der Waals surface area (Å²) in [4.78, 5) is 4.12. The molecule has 0 aliphatic carbocycles. The standard InChI is InChI=1S/C21H21ClN2O2/c22-19-7-3-6-18(13-19)16-26-20-8-4-5-17(14-20)15-23-11-12-25-21-9-1-2-10-24-21/h1-10,13-14,23H,11-12,15-16H2. The molecule has 3 aromatic rings. The van der Waals surface area contributed by atoms with Gasteiger partial charge in [0.15, 0.2) is 0 Å². The van der Waals surface area contributed by atoms with E-state index in [1.54, 1.807) is 6.20 Å². The van der Waals surface area contributed by atoms with Crippen molar-refractivity contribution in [1.82, 2.24) is 10.3 Å². The summed E-state index contributed by atoms with van der Waals surface area (Å²) in [5.41, 5.74) is 2.21. The van der Waals surface area contributed by atoms with Crippen molar-refractivity contribution in [3.8, 4) is 11.6 Å². The summed E-state index contributed by atoms with van der Waals surface area (Å²) in [6.45, 7) is 2.56. The number of hydrogen-bond donors (Lipinski definition) is 1. The molecule has 0 spiro atoms. The van der Waals surface area contributed by atoms with E-state index in [-0.39, 0.29) is 0 Å². The predicted octanol–water partition coefficient (Wildman–Crippen LogP) is 4.48. The molecule has 0 radical (unpaired) electrons. The molecule has 1 N–H and O–H groups in total. The summed E-state index contributed by atoms with van der Waals surface area (Å²) in [5, 5.41) is 4.07. The Morgan fingerprint density at radius 3 is 2.62 bits per heavy atom. The van der Waals surface area contributed by atoms with Crippen LogP contribution in [0.15, 0.2) is 72.9 Å². The van der Waals surface area contributed by atoms with Gasteiger partial charge in [0.1, 0.15) is 19.0 Å². The number of nitrogens with one attached hydrogen (secondary N) is 1. The minimum Gasteiger partial charge on any atom is -0.489 e. The second kappa shape index (κ2) is 9.80. The zero-order valence-corrected chi connectivity index (χ0v) is 15.2. The number of hydrogen-bond acceptors (Lipinski definition) is 4.